The van der Waals surface area contributed by atoms with E-state index < -0.39 is 34.9 Å². The minimum Gasteiger partial charge on any atom is -0.507 e. The number of phenols is 4. The second kappa shape index (κ2) is 9.60. The summed E-state index contributed by atoms with van der Waals surface area (Å²) < 4.78 is 10.9. The number of hydrogen-bond acceptors (Lipinski definition) is 8. The molecule has 2 rings (SSSR count). The van der Waals surface area contributed by atoms with E-state index in [1.807, 2.05) is 0 Å². The van der Waals surface area contributed by atoms with Crippen molar-refractivity contribution in [3.63, 3.8) is 0 Å². The fourth-order valence-corrected chi connectivity index (χ4v) is 3.81. The predicted molar refractivity (Wildman–Crippen MR) is 123 cm³/mol. The van der Waals surface area contributed by atoms with Crippen LogP contribution < -0.4 is 9.47 Å². The van der Waals surface area contributed by atoms with Gasteiger partial charge in [0.05, 0.1) is 14.2 Å². The van der Waals surface area contributed by atoms with Gasteiger partial charge in [-0.3, -0.25) is 9.59 Å². The Morgan fingerprint density at radius 2 is 1.12 bits per heavy atom. The van der Waals surface area contributed by atoms with Crippen molar-refractivity contribution in [3.8, 4) is 34.5 Å². The highest BCUT2D eigenvalue weighted by atomic mass is 16.5. The summed E-state index contributed by atoms with van der Waals surface area (Å²) in [5, 5.41) is 43.0. The van der Waals surface area contributed by atoms with E-state index in [9.17, 15) is 30.0 Å². The van der Waals surface area contributed by atoms with E-state index in [0.29, 0.717) is 0 Å². The Morgan fingerprint density at radius 1 is 0.667 bits per heavy atom. The second-order valence-electron chi connectivity index (χ2n) is 8.63. The average Bonchev–Trinajstić information content (AvgIpc) is 2.76. The summed E-state index contributed by atoms with van der Waals surface area (Å²) in [6.45, 7) is 9.66. The third-order valence-electron chi connectivity index (χ3n) is 5.77. The fourth-order valence-electron chi connectivity index (χ4n) is 3.81. The maximum atomic E-state index is 13.0. The van der Waals surface area contributed by atoms with Crippen LogP contribution in [0.25, 0.3) is 0 Å². The zero-order chi connectivity index (χ0) is 25.4. The van der Waals surface area contributed by atoms with Crippen LogP contribution in [0.5, 0.6) is 34.5 Å². The average molecular weight is 461 g/mol. The first-order chi connectivity index (χ1) is 15.3. The van der Waals surface area contributed by atoms with Gasteiger partial charge >= 0.3 is 0 Å². The van der Waals surface area contributed by atoms with E-state index in [0.717, 1.165) is 0 Å². The number of rotatable bonds is 8. The summed E-state index contributed by atoms with van der Waals surface area (Å²) in [6, 6.07) is 0. The smallest absolute Gasteiger partial charge is 0.172 e. The van der Waals surface area contributed by atoms with Crippen LogP contribution in [-0.4, -0.2) is 46.2 Å². The first kappa shape index (κ1) is 25.8. The van der Waals surface area contributed by atoms with Crippen LogP contribution in [0, 0.1) is 25.7 Å². The molecule has 0 aliphatic heterocycles. The quantitative estimate of drug-likeness (QED) is 0.426. The molecule has 180 valence electrons. The summed E-state index contributed by atoms with van der Waals surface area (Å²) in [6.07, 6.45) is -0.282. The molecule has 0 aliphatic carbocycles. The molecule has 0 spiro atoms. The minimum atomic E-state index is -0.596. The third kappa shape index (κ3) is 4.29. The summed E-state index contributed by atoms with van der Waals surface area (Å²) in [5.74, 6) is -3.30. The molecule has 0 heterocycles. The molecular weight excluding hydrogens is 428 g/mol. The standard InChI is InChI=1S/C25H32O8/c1-10(2)18(26)16-22(30)12(5)20(28)14(23(16)31)9-15-21(29)13(6)24(32-7)17(25(15)33-8)19(27)11(3)4/h10-11,28-31H,9H2,1-8H3. The van der Waals surface area contributed by atoms with E-state index >= 15 is 0 Å². The van der Waals surface area contributed by atoms with Crippen molar-refractivity contribution in [2.24, 2.45) is 11.8 Å². The number of ketones is 2. The van der Waals surface area contributed by atoms with Crippen LogP contribution in [0.4, 0.5) is 0 Å². The normalized spacial score (nSPS) is 11.2. The van der Waals surface area contributed by atoms with Crippen molar-refractivity contribution in [3.05, 3.63) is 33.4 Å². The van der Waals surface area contributed by atoms with Gasteiger partial charge < -0.3 is 29.9 Å². The van der Waals surface area contributed by atoms with Gasteiger partial charge in [0.1, 0.15) is 45.6 Å². The number of aromatic hydroxyl groups is 4. The number of Topliss-reactive ketones (excluding diaryl/α,β-unsaturated/α-hetero) is 2. The van der Waals surface area contributed by atoms with Crippen molar-refractivity contribution >= 4 is 11.6 Å². The van der Waals surface area contributed by atoms with Gasteiger partial charge in [-0.25, -0.2) is 0 Å². The number of benzene rings is 2. The molecule has 0 unspecified atom stereocenters. The highest BCUT2D eigenvalue weighted by Gasteiger charge is 2.32. The lowest BCUT2D eigenvalue weighted by Crippen LogP contribution is -2.14. The first-order valence-corrected chi connectivity index (χ1v) is 10.6. The molecule has 0 saturated heterocycles. The van der Waals surface area contributed by atoms with Gasteiger partial charge in [-0.15, -0.1) is 0 Å². The van der Waals surface area contributed by atoms with Crippen LogP contribution in [0.1, 0.15) is 70.7 Å². The van der Waals surface area contributed by atoms with Crippen molar-refractivity contribution in [2.45, 2.75) is 48.0 Å². The molecule has 2 aromatic carbocycles. The Hall–Kier alpha value is -3.42. The van der Waals surface area contributed by atoms with Gasteiger partial charge in [0, 0.05) is 40.5 Å². The van der Waals surface area contributed by atoms with Crippen molar-refractivity contribution in [1.29, 1.82) is 0 Å². The molecule has 0 fully saturated rings. The van der Waals surface area contributed by atoms with E-state index in [-0.39, 0.29) is 62.8 Å². The molecule has 8 heteroatoms. The topological polar surface area (TPSA) is 134 Å². The Balaban J connectivity index is 2.92. The highest BCUT2D eigenvalue weighted by molar-refractivity contribution is 6.05. The predicted octanol–water partition coefficient (Wildman–Crippen LogP) is 4.41. The zero-order valence-corrected chi connectivity index (χ0v) is 20.3. The number of hydrogen-bond donors (Lipinski definition) is 4. The lowest BCUT2D eigenvalue weighted by molar-refractivity contribution is 0.0925. The van der Waals surface area contributed by atoms with Gasteiger partial charge in [0.15, 0.2) is 11.6 Å². The summed E-state index contributed by atoms with van der Waals surface area (Å²) in [4.78, 5) is 25.7. The SMILES string of the molecule is COc1c(C)c(O)c(Cc2c(O)c(C)c(O)c(C(=O)C(C)C)c2O)c(OC)c1C(=O)C(C)C. The maximum absolute atomic E-state index is 13.0. The van der Waals surface area contributed by atoms with Gasteiger partial charge in [-0.05, 0) is 13.8 Å². The largest absolute Gasteiger partial charge is 0.507 e. The zero-order valence-electron chi connectivity index (χ0n) is 20.3. The fraction of sp³-hybridized carbons (Fsp3) is 0.440. The molecular formula is C25H32O8. The van der Waals surface area contributed by atoms with E-state index in [1.54, 1.807) is 34.6 Å². The molecule has 33 heavy (non-hydrogen) atoms. The number of carbonyl (C=O) groups excluding carboxylic acids is 2. The summed E-state index contributed by atoms with van der Waals surface area (Å²) >= 11 is 0. The second-order valence-corrected chi connectivity index (χ2v) is 8.63. The summed E-state index contributed by atoms with van der Waals surface area (Å²) in [7, 11) is 2.71. The molecule has 0 saturated carbocycles. The van der Waals surface area contributed by atoms with Gasteiger partial charge in [-0.1, -0.05) is 27.7 Å². The lowest BCUT2D eigenvalue weighted by atomic mass is 9.88. The Labute approximate surface area is 193 Å². The van der Waals surface area contributed by atoms with E-state index in [4.69, 9.17) is 9.47 Å². The van der Waals surface area contributed by atoms with Crippen molar-refractivity contribution in [2.75, 3.05) is 14.2 Å². The molecule has 0 atom stereocenters. The van der Waals surface area contributed by atoms with Crippen LogP contribution in [0.2, 0.25) is 0 Å². The number of phenolic OH excluding ortho intramolecular Hbond substituents is 4. The van der Waals surface area contributed by atoms with Crippen LogP contribution >= 0.6 is 0 Å². The number of ether oxygens (including phenoxy) is 2. The maximum Gasteiger partial charge on any atom is 0.172 e. The Bertz CT molecular complexity index is 1110. The molecule has 0 aliphatic rings. The van der Waals surface area contributed by atoms with Crippen molar-refractivity contribution < 1.29 is 39.5 Å². The third-order valence-corrected chi connectivity index (χ3v) is 5.77. The van der Waals surface area contributed by atoms with Crippen LogP contribution in [0.15, 0.2) is 0 Å². The molecule has 0 amide bonds. The molecule has 8 nitrogen and oxygen atoms in total. The Kier molecular flexibility index (Phi) is 7.52. The van der Waals surface area contributed by atoms with Gasteiger partial charge in [0.25, 0.3) is 0 Å². The van der Waals surface area contributed by atoms with Gasteiger partial charge in [-0.2, -0.15) is 0 Å². The van der Waals surface area contributed by atoms with E-state index in [1.165, 1.54) is 21.1 Å². The van der Waals surface area contributed by atoms with E-state index in [2.05, 4.69) is 0 Å². The molecule has 0 bridgehead atoms. The highest BCUT2D eigenvalue weighted by Crippen LogP contribution is 2.48. The molecule has 0 aromatic heterocycles. The minimum absolute atomic E-state index is 0.00831. The number of methoxy groups -OCH3 is 2. The molecule has 0 radical (unpaired) electrons. The Morgan fingerprint density at radius 3 is 1.58 bits per heavy atom. The molecule has 4 N–H and O–H groups in total. The van der Waals surface area contributed by atoms with Crippen molar-refractivity contribution in [1.82, 2.24) is 0 Å². The van der Waals surface area contributed by atoms with Crippen LogP contribution in [0.3, 0.4) is 0 Å². The first-order valence-electron chi connectivity index (χ1n) is 10.6. The number of carbonyl (C=O) groups is 2. The lowest BCUT2D eigenvalue weighted by Gasteiger charge is -2.23. The monoisotopic (exact) mass is 460 g/mol. The van der Waals surface area contributed by atoms with Gasteiger partial charge in [0.2, 0.25) is 0 Å². The molecule has 2 aromatic rings. The summed E-state index contributed by atoms with van der Waals surface area (Å²) in [5.41, 5.74) is 0.152. The van der Waals surface area contributed by atoms with Crippen LogP contribution in [-0.2, 0) is 6.42 Å².